The first kappa shape index (κ1) is 11.5. The Kier molecular flexibility index (Phi) is 3.04. The number of allylic oxidation sites excluding steroid dienone is 1. The van der Waals surface area contributed by atoms with Gasteiger partial charge in [0.1, 0.15) is 5.82 Å². The molecule has 0 unspecified atom stereocenters. The first-order valence-corrected chi connectivity index (χ1v) is 5.61. The number of nitrogens with zero attached hydrogens (tertiary/aromatic N) is 3. The Bertz CT molecular complexity index is 614. The van der Waals surface area contributed by atoms with Gasteiger partial charge in [0, 0.05) is 18.7 Å². The highest BCUT2D eigenvalue weighted by molar-refractivity contribution is 5.73. The van der Waals surface area contributed by atoms with Crippen molar-refractivity contribution in [2.75, 3.05) is 0 Å². The minimum atomic E-state index is -0.0494. The summed E-state index contributed by atoms with van der Waals surface area (Å²) in [6, 6.07) is 3.50. The molecule has 4 heteroatoms. The number of hydrogen-bond donors (Lipinski definition) is 0. The summed E-state index contributed by atoms with van der Waals surface area (Å²) in [6.45, 7) is 8.17. The normalized spacial score (nSPS) is 11.0. The second-order valence-corrected chi connectivity index (χ2v) is 4.20. The van der Waals surface area contributed by atoms with E-state index >= 15 is 0 Å². The fourth-order valence-electron chi connectivity index (χ4n) is 1.82. The maximum atomic E-state index is 12.3. The second kappa shape index (κ2) is 4.49. The lowest BCUT2D eigenvalue weighted by atomic mass is 10.2. The van der Waals surface area contributed by atoms with Gasteiger partial charge in [0.2, 0.25) is 0 Å². The van der Waals surface area contributed by atoms with Crippen LogP contribution in [0.3, 0.4) is 0 Å². The van der Waals surface area contributed by atoms with Crippen molar-refractivity contribution in [3.8, 4) is 0 Å². The van der Waals surface area contributed by atoms with E-state index in [0.29, 0.717) is 17.6 Å². The molecule has 0 aliphatic rings. The van der Waals surface area contributed by atoms with E-state index in [4.69, 9.17) is 0 Å². The third kappa shape index (κ3) is 1.98. The van der Waals surface area contributed by atoms with Crippen LogP contribution in [0.5, 0.6) is 0 Å². The zero-order chi connectivity index (χ0) is 12.4. The lowest BCUT2D eigenvalue weighted by Crippen LogP contribution is -2.25. The summed E-state index contributed by atoms with van der Waals surface area (Å²) < 4.78 is 1.65. The minimum Gasteiger partial charge on any atom is -0.292 e. The first-order chi connectivity index (χ1) is 8.15. The van der Waals surface area contributed by atoms with Gasteiger partial charge in [-0.05, 0) is 12.1 Å². The molecule has 0 N–H and O–H groups in total. The summed E-state index contributed by atoms with van der Waals surface area (Å²) in [7, 11) is 0. The molecule has 0 amide bonds. The molecule has 17 heavy (non-hydrogen) atoms. The minimum absolute atomic E-state index is 0.0494. The second-order valence-electron chi connectivity index (χ2n) is 4.20. The Morgan fingerprint density at radius 1 is 1.53 bits per heavy atom. The molecule has 0 saturated heterocycles. The van der Waals surface area contributed by atoms with Crippen molar-refractivity contribution in [3.05, 3.63) is 47.2 Å². The molecule has 2 rings (SSSR count). The molecule has 4 nitrogen and oxygen atoms in total. The van der Waals surface area contributed by atoms with Crippen molar-refractivity contribution in [2.45, 2.75) is 26.3 Å². The number of aromatic nitrogens is 3. The standard InChI is InChI=1S/C13H15N3O/c1-4-8-16-12(9(2)3)15-11-10(13(16)17)6-5-7-14-11/h4-7,9H,1,8H2,2-3H3. The molecule has 0 atom stereocenters. The zero-order valence-electron chi connectivity index (χ0n) is 10.1. The molecule has 2 aromatic rings. The van der Waals surface area contributed by atoms with Gasteiger partial charge in [-0.25, -0.2) is 9.97 Å². The third-order valence-corrected chi connectivity index (χ3v) is 2.59. The van der Waals surface area contributed by atoms with Gasteiger partial charge in [-0.15, -0.1) is 6.58 Å². The highest BCUT2D eigenvalue weighted by atomic mass is 16.1. The molecule has 2 aromatic heterocycles. The largest absolute Gasteiger partial charge is 0.292 e. The molecule has 0 spiro atoms. The summed E-state index contributed by atoms with van der Waals surface area (Å²) in [5.41, 5.74) is 0.466. The number of pyridine rings is 1. The van der Waals surface area contributed by atoms with Crippen LogP contribution in [0.15, 0.2) is 35.8 Å². The average Bonchev–Trinajstić information content (AvgIpc) is 2.32. The summed E-state index contributed by atoms with van der Waals surface area (Å²) in [4.78, 5) is 20.9. The van der Waals surface area contributed by atoms with E-state index in [9.17, 15) is 4.79 Å². The summed E-state index contributed by atoms with van der Waals surface area (Å²) in [6.07, 6.45) is 3.36. The van der Waals surface area contributed by atoms with E-state index in [-0.39, 0.29) is 11.5 Å². The maximum absolute atomic E-state index is 12.3. The van der Waals surface area contributed by atoms with E-state index in [1.54, 1.807) is 29.0 Å². The molecule has 0 aliphatic heterocycles. The van der Waals surface area contributed by atoms with Crippen LogP contribution in [0, 0.1) is 0 Å². The van der Waals surface area contributed by atoms with Crippen LogP contribution in [0.2, 0.25) is 0 Å². The van der Waals surface area contributed by atoms with E-state index in [0.717, 1.165) is 5.82 Å². The van der Waals surface area contributed by atoms with Gasteiger partial charge in [-0.2, -0.15) is 0 Å². The van der Waals surface area contributed by atoms with E-state index in [1.165, 1.54) is 0 Å². The Labute approximate surface area is 99.6 Å². The molecule has 88 valence electrons. The quantitative estimate of drug-likeness (QED) is 0.757. The van der Waals surface area contributed by atoms with Crippen molar-refractivity contribution in [1.82, 2.24) is 14.5 Å². The highest BCUT2D eigenvalue weighted by Crippen LogP contribution is 2.13. The van der Waals surface area contributed by atoms with Crippen molar-refractivity contribution < 1.29 is 0 Å². The molecule has 0 fully saturated rings. The molecule has 0 bridgehead atoms. The Morgan fingerprint density at radius 2 is 2.29 bits per heavy atom. The van der Waals surface area contributed by atoms with Crippen LogP contribution in [0.25, 0.3) is 11.0 Å². The molecule has 2 heterocycles. The Hall–Kier alpha value is -1.97. The van der Waals surface area contributed by atoms with Crippen LogP contribution < -0.4 is 5.56 Å². The van der Waals surface area contributed by atoms with Crippen LogP contribution in [-0.4, -0.2) is 14.5 Å². The average molecular weight is 229 g/mol. The molecule has 0 aromatic carbocycles. The molecule has 0 radical (unpaired) electrons. The Balaban J connectivity index is 2.83. The van der Waals surface area contributed by atoms with E-state index < -0.39 is 0 Å². The maximum Gasteiger partial charge on any atom is 0.263 e. The Morgan fingerprint density at radius 3 is 2.94 bits per heavy atom. The summed E-state index contributed by atoms with van der Waals surface area (Å²) in [5, 5.41) is 0.554. The van der Waals surface area contributed by atoms with Crippen molar-refractivity contribution in [2.24, 2.45) is 0 Å². The van der Waals surface area contributed by atoms with Crippen molar-refractivity contribution >= 4 is 11.0 Å². The molecule has 0 aliphatic carbocycles. The lowest BCUT2D eigenvalue weighted by Gasteiger charge is -2.13. The van der Waals surface area contributed by atoms with Crippen molar-refractivity contribution in [3.63, 3.8) is 0 Å². The summed E-state index contributed by atoms with van der Waals surface area (Å²) in [5.74, 6) is 0.926. The SMILES string of the molecule is C=CCn1c(C(C)C)nc2ncccc2c1=O. The van der Waals surface area contributed by atoms with Gasteiger partial charge < -0.3 is 0 Å². The van der Waals surface area contributed by atoms with Crippen molar-refractivity contribution in [1.29, 1.82) is 0 Å². The predicted octanol–water partition coefficient (Wildman–Crippen LogP) is 2.10. The van der Waals surface area contributed by atoms with Gasteiger partial charge in [-0.1, -0.05) is 19.9 Å². The number of fused-ring (bicyclic) bond motifs is 1. The van der Waals surface area contributed by atoms with E-state index in [2.05, 4.69) is 16.5 Å². The third-order valence-electron chi connectivity index (χ3n) is 2.59. The van der Waals surface area contributed by atoms with Crippen LogP contribution in [-0.2, 0) is 6.54 Å². The monoisotopic (exact) mass is 229 g/mol. The van der Waals surface area contributed by atoms with Crippen LogP contribution in [0.4, 0.5) is 0 Å². The van der Waals surface area contributed by atoms with Gasteiger partial charge in [0.05, 0.1) is 5.39 Å². The number of hydrogen-bond acceptors (Lipinski definition) is 3. The topological polar surface area (TPSA) is 47.8 Å². The fraction of sp³-hybridized carbons (Fsp3) is 0.308. The van der Waals surface area contributed by atoms with Gasteiger partial charge >= 0.3 is 0 Å². The van der Waals surface area contributed by atoms with Gasteiger partial charge in [-0.3, -0.25) is 9.36 Å². The van der Waals surface area contributed by atoms with E-state index in [1.807, 2.05) is 13.8 Å². The zero-order valence-corrected chi connectivity index (χ0v) is 10.1. The van der Waals surface area contributed by atoms with Gasteiger partial charge in [0.25, 0.3) is 5.56 Å². The van der Waals surface area contributed by atoms with Crippen LogP contribution >= 0.6 is 0 Å². The predicted molar refractivity (Wildman–Crippen MR) is 68.1 cm³/mol. The number of rotatable bonds is 3. The summed E-state index contributed by atoms with van der Waals surface area (Å²) >= 11 is 0. The van der Waals surface area contributed by atoms with Gasteiger partial charge in [0.15, 0.2) is 5.65 Å². The molecular formula is C13H15N3O. The molecular weight excluding hydrogens is 214 g/mol. The fourth-order valence-corrected chi connectivity index (χ4v) is 1.82. The molecule has 0 saturated carbocycles. The van der Waals surface area contributed by atoms with Crippen LogP contribution in [0.1, 0.15) is 25.6 Å². The lowest BCUT2D eigenvalue weighted by molar-refractivity contribution is 0.641. The smallest absolute Gasteiger partial charge is 0.263 e. The highest BCUT2D eigenvalue weighted by Gasteiger charge is 2.12. The first-order valence-electron chi connectivity index (χ1n) is 5.61.